The van der Waals surface area contributed by atoms with Gasteiger partial charge in [-0.05, 0) is 47.5 Å². The Labute approximate surface area is 172 Å². The van der Waals surface area contributed by atoms with E-state index in [1.807, 2.05) is 72.9 Å². The zero-order chi connectivity index (χ0) is 20.3. The fourth-order valence-electron chi connectivity index (χ4n) is 3.54. The molecule has 2 aromatic carbocycles. The lowest BCUT2D eigenvalue weighted by Crippen LogP contribution is -2.14. The number of pyridine rings is 1. The van der Waals surface area contributed by atoms with Gasteiger partial charge in [0.2, 0.25) is 5.91 Å². The van der Waals surface area contributed by atoms with Crippen molar-refractivity contribution >= 4 is 45.6 Å². The van der Waals surface area contributed by atoms with Crippen LogP contribution < -0.4 is 5.32 Å². The Kier molecular flexibility index (Phi) is 4.57. The third-order valence-electron chi connectivity index (χ3n) is 5.02. The first kappa shape index (κ1) is 17.9. The summed E-state index contributed by atoms with van der Waals surface area (Å²) in [5.41, 5.74) is 5.47. The van der Waals surface area contributed by atoms with Crippen LogP contribution >= 0.6 is 0 Å². The minimum Gasteiger partial charge on any atom is -0.361 e. The number of nitrogens with zero attached hydrogens (tertiary/aromatic N) is 2. The number of anilines is 1. The van der Waals surface area contributed by atoms with Crippen LogP contribution in [0.5, 0.6) is 0 Å². The minimum absolute atomic E-state index is 0.0601. The molecule has 0 saturated carbocycles. The number of fused-ring (bicyclic) bond motifs is 2. The van der Waals surface area contributed by atoms with Gasteiger partial charge in [0.1, 0.15) is 0 Å². The highest BCUT2D eigenvalue weighted by Gasteiger charge is 2.10. The summed E-state index contributed by atoms with van der Waals surface area (Å²) in [6.07, 6.45) is 9.64. The molecule has 0 aliphatic heterocycles. The van der Waals surface area contributed by atoms with Gasteiger partial charge in [-0.1, -0.05) is 30.3 Å². The standard InChI is InChI=1S/C24H19N5O/c30-24(12-17-15-26-21-6-2-1-5-19(17)21)27-18-8-10-23-20(13-18)22(28-29-23)9-7-16-4-3-11-25-14-16/h1-11,13-15,26H,12H2,(H,27,30)(H,28,29)/b9-7+. The van der Waals surface area contributed by atoms with Gasteiger partial charge in [-0.15, -0.1) is 0 Å². The summed E-state index contributed by atoms with van der Waals surface area (Å²) in [7, 11) is 0. The molecule has 146 valence electrons. The number of carbonyl (C=O) groups is 1. The Hall–Kier alpha value is -4.19. The highest BCUT2D eigenvalue weighted by molar-refractivity contribution is 5.98. The number of para-hydroxylation sites is 1. The van der Waals surface area contributed by atoms with Crippen LogP contribution in [0, 0.1) is 0 Å². The number of amides is 1. The number of aromatic nitrogens is 4. The SMILES string of the molecule is O=C(Cc1c[nH]c2ccccc12)Nc1ccc2[nH]nc(/C=C/c3cccnc3)c2c1. The van der Waals surface area contributed by atoms with Crippen LogP contribution in [0.4, 0.5) is 5.69 Å². The summed E-state index contributed by atoms with van der Waals surface area (Å²) < 4.78 is 0. The molecule has 0 aliphatic rings. The Morgan fingerprint density at radius 3 is 2.83 bits per heavy atom. The zero-order valence-electron chi connectivity index (χ0n) is 16.1. The summed E-state index contributed by atoms with van der Waals surface area (Å²) in [5.74, 6) is -0.0601. The maximum Gasteiger partial charge on any atom is 0.228 e. The van der Waals surface area contributed by atoms with Gasteiger partial charge in [-0.25, -0.2) is 0 Å². The van der Waals surface area contributed by atoms with Crippen LogP contribution in [0.2, 0.25) is 0 Å². The third-order valence-corrected chi connectivity index (χ3v) is 5.02. The van der Waals surface area contributed by atoms with Crippen LogP contribution in [-0.2, 0) is 11.2 Å². The summed E-state index contributed by atoms with van der Waals surface area (Å²) in [6, 6.07) is 17.6. The van der Waals surface area contributed by atoms with Gasteiger partial charge >= 0.3 is 0 Å². The summed E-state index contributed by atoms with van der Waals surface area (Å²) >= 11 is 0. The highest BCUT2D eigenvalue weighted by Crippen LogP contribution is 2.23. The molecule has 6 heteroatoms. The lowest BCUT2D eigenvalue weighted by atomic mass is 10.1. The number of H-pyrrole nitrogens is 2. The van der Waals surface area contributed by atoms with E-state index < -0.39 is 0 Å². The minimum atomic E-state index is -0.0601. The molecule has 1 amide bonds. The van der Waals surface area contributed by atoms with Crippen molar-refractivity contribution in [2.45, 2.75) is 6.42 Å². The van der Waals surface area contributed by atoms with Crippen molar-refractivity contribution in [3.8, 4) is 0 Å². The van der Waals surface area contributed by atoms with E-state index in [0.717, 1.165) is 44.3 Å². The van der Waals surface area contributed by atoms with Gasteiger partial charge < -0.3 is 10.3 Å². The van der Waals surface area contributed by atoms with Crippen LogP contribution in [-0.4, -0.2) is 26.1 Å². The van der Waals surface area contributed by atoms with Crippen molar-refractivity contribution in [3.63, 3.8) is 0 Å². The van der Waals surface area contributed by atoms with Crippen molar-refractivity contribution in [2.75, 3.05) is 5.32 Å². The van der Waals surface area contributed by atoms with Crippen LogP contribution in [0.3, 0.4) is 0 Å². The highest BCUT2D eigenvalue weighted by atomic mass is 16.1. The smallest absolute Gasteiger partial charge is 0.228 e. The molecule has 0 spiro atoms. The van der Waals surface area contributed by atoms with E-state index >= 15 is 0 Å². The third kappa shape index (κ3) is 3.58. The number of benzene rings is 2. The number of carbonyl (C=O) groups excluding carboxylic acids is 1. The first-order chi connectivity index (χ1) is 14.8. The molecular weight excluding hydrogens is 374 g/mol. The number of aromatic amines is 2. The van der Waals surface area contributed by atoms with Gasteiger partial charge in [0.05, 0.1) is 17.6 Å². The Morgan fingerprint density at radius 2 is 1.93 bits per heavy atom. The van der Waals surface area contributed by atoms with E-state index in [-0.39, 0.29) is 5.91 Å². The maximum absolute atomic E-state index is 12.6. The second-order valence-electron chi connectivity index (χ2n) is 7.07. The van der Waals surface area contributed by atoms with Gasteiger partial charge in [0, 0.05) is 40.6 Å². The molecule has 0 unspecified atom stereocenters. The second-order valence-corrected chi connectivity index (χ2v) is 7.07. The number of hydrogen-bond acceptors (Lipinski definition) is 3. The normalized spacial score (nSPS) is 11.5. The fourth-order valence-corrected chi connectivity index (χ4v) is 3.54. The van der Waals surface area contributed by atoms with Gasteiger partial charge in [0.15, 0.2) is 0 Å². The van der Waals surface area contributed by atoms with E-state index in [4.69, 9.17) is 0 Å². The Bertz CT molecular complexity index is 1360. The number of nitrogens with one attached hydrogen (secondary N) is 3. The van der Waals surface area contributed by atoms with Crippen molar-refractivity contribution in [2.24, 2.45) is 0 Å². The second kappa shape index (κ2) is 7.67. The fraction of sp³-hybridized carbons (Fsp3) is 0.0417. The van der Waals surface area contributed by atoms with E-state index in [1.165, 1.54) is 0 Å². The van der Waals surface area contributed by atoms with Crippen molar-refractivity contribution < 1.29 is 4.79 Å². The summed E-state index contributed by atoms with van der Waals surface area (Å²) in [6.45, 7) is 0. The van der Waals surface area contributed by atoms with E-state index in [2.05, 4.69) is 25.5 Å². The van der Waals surface area contributed by atoms with Gasteiger partial charge in [-0.2, -0.15) is 5.10 Å². The molecular formula is C24H19N5O. The molecule has 0 aliphatic carbocycles. The number of hydrogen-bond donors (Lipinski definition) is 3. The molecule has 0 fully saturated rings. The zero-order valence-corrected chi connectivity index (χ0v) is 16.1. The first-order valence-corrected chi connectivity index (χ1v) is 9.67. The largest absolute Gasteiger partial charge is 0.361 e. The average molecular weight is 393 g/mol. The first-order valence-electron chi connectivity index (χ1n) is 9.67. The van der Waals surface area contributed by atoms with Crippen LogP contribution in [0.25, 0.3) is 34.0 Å². The molecule has 0 radical (unpaired) electrons. The molecule has 6 nitrogen and oxygen atoms in total. The number of rotatable bonds is 5. The molecule has 30 heavy (non-hydrogen) atoms. The summed E-state index contributed by atoms with van der Waals surface area (Å²) in [5, 5.41) is 12.4. The molecule has 3 heterocycles. The molecule has 5 aromatic rings. The molecule has 3 aromatic heterocycles. The van der Waals surface area contributed by atoms with E-state index in [9.17, 15) is 4.79 Å². The molecule has 3 N–H and O–H groups in total. The monoisotopic (exact) mass is 393 g/mol. The molecule has 0 bridgehead atoms. The van der Waals surface area contributed by atoms with E-state index in [1.54, 1.807) is 12.4 Å². The predicted octanol–water partition coefficient (Wildman–Crippen LogP) is 4.79. The van der Waals surface area contributed by atoms with Crippen molar-refractivity contribution in [1.29, 1.82) is 0 Å². The maximum atomic E-state index is 12.6. The Morgan fingerprint density at radius 1 is 1.00 bits per heavy atom. The lowest BCUT2D eigenvalue weighted by molar-refractivity contribution is -0.115. The topological polar surface area (TPSA) is 86.5 Å². The van der Waals surface area contributed by atoms with Crippen molar-refractivity contribution in [1.82, 2.24) is 20.2 Å². The lowest BCUT2D eigenvalue weighted by Gasteiger charge is -2.05. The quantitative estimate of drug-likeness (QED) is 0.401. The molecule has 5 rings (SSSR count). The van der Waals surface area contributed by atoms with Crippen LogP contribution in [0.15, 0.2) is 73.2 Å². The van der Waals surface area contributed by atoms with Crippen LogP contribution in [0.1, 0.15) is 16.8 Å². The van der Waals surface area contributed by atoms with E-state index in [0.29, 0.717) is 6.42 Å². The summed E-state index contributed by atoms with van der Waals surface area (Å²) in [4.78, 5) is 19.9. The van der Waals surface area contributed by atoms with Gasteiger partial charge in [-0.3, -0.25) is 14.9 Å². The molecule has 0 saturated heterocycles. The Balaban J connectivity index is 1.35. The van der Waals surface area contributed by atoms with Gasteiger partial charge in [0.25, 0.3) is 0 Å². The molecule has 0 atom stereocenters. The average Bonchev–Trinajstić information content (AvgIpc) is 3.37. The predicted molar refractivity (Wildman–Crippen MR) is 120 cm³/mol. The van der Waals surface area contributed by atoms with Crippen molar-refractivity contribution in [3.05, 3.63) is 90.0 Å².